The minimum Gasteiger partial charge on any atom is -0.378 e. The number of anilines is 2. The van der Waals surface area contributed by atoms with Crippen molar-refractivity contribution in [1.29, 1.82) is 0 Å². The van der Waals surface area contributed by atoms with Gasteiger partial charge < -0.3 is 16.0 Å². The Morgan fingerprint density at radius 1 is 1.28 bits per heavy atom. The van der Waals surface area contributed by atoms with E-state index in [1.807, 2.05) is 13.0 Å². The number of aromatic nitrogens is 4. The highest BCUT2D eigenvalue weighted by Crippen LogP contribution is 2.26. The normalized spacial score (nSPS) is 13.3. The summed E-state index contributed by atoms with van der Waals surface area (Å²) in [4.78, 5) is 31.4. The summed E-state index contributed by atoms with van der Waals surface area (Å²) in [6.07, 6.45) is 3.34. The number of rotatable bonds is 8. The maximum absolute atomic E-state index is 12.1. The number of amides is 1. The Labute approximate surface area is 165 Å². The highest BCUT2D eigenvalue weighted by molar-refractivity contribution is 5.96. The van der Waals surface area contributed by atoms with Crippen molar-refractivity contribution >= 4 is 28.9 Å². The van der Waals surface area contributed by atoms with E-state index in [0.29, 0.717) is 24.6 Å². The number of carbonyl (C=O) groups excluding carboxylic acids is 1. The van der Waals surface area contributed by atoms with Crippen LogP contribution in [0.15, 0.2) is 30.6 Å². The lowest BCUT2D eigenvalue weighted by atomic mass is 10.1. The van der Waals surface area contributed by atoms with Gasteiger partial charge in [0.05, 0.1) is 4.92 Å². The molecule has 150 valence electrons. The fourth-order valence-electron chi connectivity index (χ4n) is 2.91. The minimum absolute atomic E-state index is 0.133. The van der Waals surface area contributed by atoms with Crippen molar-refractivity contribution in [2.24, 2.45) is 0 Å². The van der Waals surface area contributed by atoms with Crippen LogP contribution < -0.4 is 16.0 Å². The van der Waals surface area contributed by atoms with Crippen molar-refractivity contribution in [3.63, 3.8) is 0 Å². The molecule has 0 atom stereocenters. The zero-order valence-corrected chi connectivity index (χ0v) is 15.8. The van der Waals surface area contributed by atoms with Crippen LogP contribution in [0.3, 0.4) is 0 Å². The van der Waals surface area contributed by atoms with Gasteiger partial charge in [0.1, 0.15) is 17.8 Å². The van der Waals surface area contributed by atoms with E-state index < -0.39 is 4.92 Å². The van der Waals surface area contributed by atoms with E-state index in [9.17, 15) is 14.9 Å². The lowest BCUT2D eigenvalue weighted by Crippen LogP contribution is -2.25. The van der Waals surface area contributed by atoms with E-state index in [4.69, 9.17) is 0 Å². The third kappa shape index (κ3) is 4.23. The molecule has 0 unspecified atom stereocenters. The van der Waals surface area contributed by atoms with Gasteiger partial charge in [-0.25, -0.2) is 4.98 Å². The quantitative estimate of drug-likeness (QED) is 0.297. The number of benzene rings is 1. The van der Waals surface area contributed by atoms with Gasteiger partial charge in [0.15, 0.2) is 0 Å². The summed E-state index contributed by atoms with van der Waals surface area (Å²) in [5.41, 5.74) is 1.31. The molecule has 1 amide bonds. The van der Waals surface area contributed by atoms with Crippen LogP contribution in [0.4, 0.5) is 17.2 Å². The summed E-state index contributed by atoms with van der Waals surface area (Å²) in [5, 5.41) is 24.6. The zero-order valence-electron chi connectivity index (χ0n) is 15.8. The van der Waals surface area contributed by atoms with Crippen LogP contribution in [0.25, 0.3) is 5.78 Å². The third-order valence-electron chi connectivity index (χ3n) is 4.50. The predicted molar refractivity (Wildman–Crippen MR) is 106 cm³/mol. The number of fused-ring (bicyclic) bond motifs is 1. The number of nitro benzene ring substituents is 1. The second-order valence-electron chi connectivity index (χ2n) is 6.84. The smallest absolute Gasteiger partial charge is 0.293 e. The average molecular weight is 396 g/mol. The zero-order chi connectivity index (χ0) is 20.4. The summed E-state index contributed by atoms with van der Waals surface area (Å²) in [6, 6.07) is 6.49. The van der Waals surface area contributed by atoms with Crippen molar-refractivity contribution in [3.05, 3.63) is 52.0 Å². The fourth-order valence-corrected chi connectivity index (χ4v) is 2.91. The van der Waals surface area contributed by atoms with Gasteiger partial charge in [-0.2, -0.15) is 14.6 Å². The molecule has 0 bridgehead atoms. The number of aryl methyl sites for hydroxylation is 1. The van der Waals surface area contributed by atoms with Crippen LogP contribution in [-0.2, 0) is 0 Å². The molecule has 29 heavy (non-hydrogen) atoms. The van der Waals surface area contributed by atoms with E-state index >= 15 is 0 Å². The monoisotopic (exact) mass is 396 g/mol. The molecule has 11 heteroatoms. The second-order valence-corrected chi connectivity index (χ2v) is 6.84. The van der Waals surface area contributed by atoms with Crippen molar-refractivity contribution in [1.82, 2.24) is 24.9 Å². The Bertz CT molecular complexity index is 1080. The lowest BCUT2D eigenvalue weighted by Gasteiger charge is -2.11. The first kappa shape index (κ1) is 18.6. The molecule has 1 aliphatic rings. The highest BCUT2D eigenvalue weighted by Gasteiger charge is 2.25. The van der Waals surface area contributed by atoms with E-state index in [0.717, 1.165) is 24.4 Å². The molecule has 2 heterocycles. The van der Waals surface area contributed by atoms with Crippen LogP contribution in [0.5, 0.6) is 0 Å². The number of carbonyl (C=O) groups is 1. The molecule has 3 aromatic rings. The molecule has 0 radical (unpaired) electrons. The molecular weight excluding hydrogens is 376 g/mol. The molecule has 4 rings (SSSR count). The topological polar surface area (TPSA) is 139 Å². The van der Waals surface area contributed by atoms with Crippen LogP contribution >= 0.6 is 0 Å². The van der Waals surface area contributed by atoms with Crippen LogP contribution in [-0.4, -0.2) is 49.5 Å². The maximum Gasteiger partial charge on any atom is 0.293 e. The number of nitrogens with zero attached hydrogens (tertiary/aromatic N) is 5. The molecule has 1 fully saturated rings. The second kappa shape index (κ2) is 7.70. The summed E-state index contributed by atoms with van der Waals surface area (Å²) >= 11 is 0. The number of hydrogen-bond donors (Lipinski definition) is 3. The third-order valence-corrected chi connectivity index (χ3v) is 4.50. The first-order valence-corrected chi connectivity index (χ1v) is 9.25. The Kier molecular flexibility index (Phi) is 4.94. The SMILES string of the molecule is Cc1cc(NCCNc2ccc(C(=O)NC3CC3)cc2[N+](=O)[O-])n2ncnc2n1. The molecular formula is C18H20N8O3. The fraction of sp³-hybridized carbons (Fsp3) is 0.333. The van der Waals surface area contributed by atoms with E-state index in [-0.39, 0.29) is 23.2 Å². The molecule has 0 saturated heterocycles. The standard InChI is InChI=1S/C18H20N8O3/c1-11-8-16(25-18(23-11)21-10-22-25)20-7-6-19-14-5-2-12(9-15(14)26(28)29)17(27)24-13-3-4-13/h2,5,8-10,13,19-20H,3-4,6-7H2,1H3,(H,24,27). The first-order valence-electron chi connectivity index (χ1n) is 9.25. The summed E-state index contributed by atoms with van der Waals surface area (Å²) in [6.45, 7) is 2.77. The van der Waals surface area contributed by atoms with Crippen LogP contribution in [0.2, 0.25) is 0 Å². The van der Waals surface area contributed by atoms with Gasteiger partial charge in [0.25, 0.3) is 17.4 Å². The highest BCUT2D eigenvalue weighted by atomic mass is 16.6. The van der Waals surface area contributed by atoms with Crippen molar-refractivity contribution in [2.45, 2.75) is 25.8 Å². The van der Waals surface area contributed by atoms with E-state index in [2.05, 4.69) is 31.0 Å². The Hall–Kier alpha value is -3.76. The summed E-state index contributed by atoms with van der Waals surface area (Å²) in [7, 11) is 0. The number of nitro groups is 1. The number of nitrogens with one attached hydrogen (secondary N) is 3. The van der Waals surface area contributed by atoms with Crippen LogP contribution in [0, 0.1) is 17.0 Å². The molecule has 1 saturated carbocycles. The van der Waals surface area contributed by atoms with Gasteiger partial charge in [0, 0.05) is 42.5 Å². The van der Waals surface area contributed by atoms with Crippen molar-refractivity contribution in [2.75, 3.05) is 23.7 Å². The van der Waals surface area contributed by atoms with E-state index in [1.54, 1.807) is 16.6 Å². The Morgan fingerprint density at radius 3 is 2.83 bits per heavy atom. The van der Waals surface area contributed by atoms with Crippen molar-refractivity contribution < 1.29 is 9.72 Å². The summed E-state index contributed by atoms with van der Waals surface area (Å²) in [5.74, 6) is 0.943. The lowest BCUT2D eigenvalue weighted by molar-refractivity contribution is -0.384. The Balaban J connectivity index is 1.40. The molecule has 1 aliphatic carbocycles. The van der Waals surface area contributed by atoms with Gasteiger partial charge in [-0.3, -0.25) is 14.9 Å². The van der Waals surface area contributed by atoms with Gasteiger partial charge in [-0.05, 0) is 31.9 Å². The first-order chi connectivity index (χ1) is 14.0. The van der Waals surface area contributed by atoms with Gasteiger partial charge in [-0.15, -0.1) is 0 Å². The maximum atomic E-state index is 12.1. The van der Waals surface area contributed by atoms with Gasteiger partial charge in [0.2, 0.25) is 0 Å². The molecule has 2 aromatic heterocycles. The molecule has 11 nitrogen and oxygen atoms in total. The Morgan fingerprint density at radius 2 is 2.07 bits per heavy atom. The predicted octanol–water partition coefficient (Wildman–Crippen LogP) is 1.76. The van der Waals surface area contributed by atoms with Crippen LogP contribution in [0.1, 0.15) is 28.9 Å². The van der Waals surface area contributed by atoms with Crippen molar-refractivity contribution in [3.8, 4) is 0 Å². The molecule has 3 N–H and O–H groups in total. The minimum atomic E-state index is -0.491. The average Bonchev–Trinajstić information content (AvgIpc) is 3.38. The largest absolute Gasteiger partial charge is 0.378 e. The van der Waals surface area contributed by atoms with Gasteiger partial charge >= 0.3 is 0 Å². The van der Waals surface area contributed by atoms with Gasteiger partial charge in [-0.1, -0.05) is 0 Å². The molecule has 0 spiro atoms. The molecule has 0 aliphatic heterocycles. The summed E-state index contributed by atoms with van der Waals surface area (Å²) < 4.78 is 1.59. The number of hydrogen-bond acceptors (Lipinski definition) is 8. The van der Waals surface area contributed by atoms with E-state index in [1.165, 1.54) is 12.4 Å². The molecule has 1 aromatic carbocycles.